The van der Waals surface area contributed by atoms with Crippen molar-refractivity contribution in [3.63, 3.8) is 0 Å². The van der Waals surface area contributed by atoms with Crippen LogP contribution in [0.15, 0.2) is 29.2 Å². The van der Waals surface area contributed by atoms with Gasteiger partial charge in [-0.25, -0.2) is 13.1 Å². The second kappa shape index (κ2) is 9.16. The van der Waals surface area contributed by atoms with Crippen LogP contribution in [0, 0.1) is 0 Å². The zero-order valence-corrected chi connectivity index (χ0v) is 16.6. The second-order valence-electron chi connectivity index (χ2n) is 6.27. The topological polar surface area (TPSA) is 108 Å². The van der Waals surface area contributed by atoms with Crippen molar-refractivity contribution in [3.05, 3.63) is 24.3 Å². The van der Waals surface area contributed by atoms with Gasteiger partial charge in [0.1, 0.15) is 11.8 Å². The summed E-state index contributed by atoms with van der Waals surface area (Å²) in [4.78, 5) is 27.9. The highest BCUT2D eigenvalue weighted by Gasteiger charge is 2.31. The van der Waals surface area contributed by atoms with E-state index in [1.165, 1.54) is 19.2 Å². The molecule has 2 rings (SSSR count). The fourth-order valence-corrected chi connectivity index (χ4v) is 3.87. The highest BCUT2D eigenvalue weighted by atomic mass is 32.2. The number of carbonyl (C=O) groups is 2. The Morgan fingerprint density at radius 2 is 1.89 bits per heavy atom. The highest BCUT2D eigenvalue weighted by Crippen LogP contribution is 2.15. The van der Waals surface area contributed by atoms with Gasteiger partial charge in [-0.1, -0.05) is 0 Å². The van der Waals surface area contributed by atoms with Gasteiger partial charge in [-0.05, 0) is 31.3 Å². The standard InChI is InChI=1S/C17H26N4O5S/c1-18-17(23)15-12-21(11-10-20(15)2)16(22)8-9-19-27(24,25)14-6-4-13(26-3)5-7-14/h4-7,15,19H,8-12H2,1-3H3,(H,18,23)/t15-/m0/s1. The van der Waals surface area contributed by atoms with Gasteiger partial charge in [0.15, 0.2) is 0 Å². The lowest BCUT2D eigenvalue weighted by Crippen LogP contribution is -2.58. The van der Waals surface area contributed by atoms with Crippen LogP contribution in [0.3, 0.4) is 0 Å². The molecule has 2 amide bonds. The molecule has 0 spiro atoms. The number of methoxy groups -OCH3 is 1. The third-order valence-electron chi connectivity index (χ3n) is 4.55. The van der Waals surface area contributed by atoms with Gasteiger partial charge in [0.2, 0.25) is 21.8 Å². The number of benzene rings is 1. The monoisotopic (exact) mass is 398 g/mol. The zero-order chi connectivity index (χ0) is 20.0. The molecule has 0 bridgehead atoms. The van der Waals surface area contributed by atoms with E-state index in [4.69, 9.17) is 4.74 Å². The summed E-state index contributed by atoms with van der Waals surface area (Å²) in [5.74, 6) is 0.231. The van der Waals surface area contributed by atoms with Crippen molar-refractivity contribution in [2.45, 2.75) is 17.4 Å². The smallest absolute Gasteiger partial charge is 0.240 e. The average Bonchev–Trinajstić information content (AvgIpc) is 2.67. The average molecular weight is 398 g/mol. The van der Waals surface area contributed by atoms with E-state index in [1.54, 1.807) is 24.1 Å². The molecule has 1 aliphatic rings. The fraction of sp³-hybridized carbons (Fsp3) is 0.529. The van der Waals surface area contributed by atoms with Gasteiger partial charge in [0.25, 0.3) is 0 Å². The molecule has 0 saturated carbocycles. The van der Waals surface area contributed by atoms with E-state index in [1.807, 2.05) is 11.9 Å². The summed E-state index contributed by atoms with van der Waals surface area (Å²) in [7, 11) is 1.20. The predicted octanol–water partition coefficient (Wildman–Crippen LogP) is -0.748. The molecule has 0 unspecified atom stereocenters. The van der Waals surface area contributed by atoms with Crippen LogP contribution in [-0.2, 0) is 19.6 Å². The first-order valence-electron chi connectivity index (χ1n) is 8.62. The largest absolute Gasteiger partial charge is 0.497 e. The summed E-state index contributed by atoms with van der Waals surface area (Å²) >= 11 is 0. The molecule has 1 fully saturated rings. The van der Waals surface area contributed by atoms with Crippen LogP contribution in [-0.4, -0.2) is 83.5 Å². The molecule has 0 radical (unpaired) electrons. The SMILES string of the molecule is CNC(=O)[C@@H]1CN(C(=O)CCNS(=O)(=O)c2ccc(OC)cc2)CCN1C. The van der Waals surface area contributed by atoms with Crippen LogP contribution in [0.25, 0.3) is 0 Å². The maximum atomic E-state index is 12.4. The van der Waals surface area contributed by atoms with Crippen molar-refractivity contribution in [1.82, 2.24) is 19.8 Å². The van der Waals surface area contributed by atoms with E-state index in [2.05, 4.69) is 10.0 Å². The number of hydrogen-bond acceptors (Lipinski definition) is 6. The Hall–Kier alpha value is -2.17. The molecule has 1 heterocycles. The van der Waals surface area contributed by atoms with E-state index in [0.29, 0.717) is 25.4 Å². The maximum Gasteiger partial charge on any atom is 0.240 e. The highest BCUT2D eigenvalue weighted by molar-refractivity contribution is 7.89. The molecule has 1 aromatic carbocycles. The summed E-state index contributed by atoms with van der Waals surface area (Å²) in [6, 6.07) is 5.60. The molecule has 0 aliphatic carbocycles. The number of hydrogen-bond donors (Lipinski definition) is 2. The van der Waals surface area contributed by atoms with E-state index in [9.17, 15) is 18.0 Å². The number of sulfonamides is 1. The molecule has 1 saturated heterocycles. The van der Waals surface area contributed by atoms with Crippen LogP contribution in [0.1, 0.15) is 6.42 Å². The summed E-state index contributed by atoms with van der Waals surface area (Å²) in [5, 5.41) is 2.59. The van der Waals surface area contributed by atoms with Crippen LogP contribution < -0.4 is 14.8 Å². The Bertz CT molecular complexity index is 766. The molecule has 2 N–H and O–H groups in total. The van der Waals surface area contributed by atoms with Gasteiger partial charge >= 0.3 is 0 Å². The lowest BCUT2D eigenvalue weighted by atomic mass is 10.1. The Balaban J connectivity index is 1.88. The van der Waals surface area contributed by atoms with Crippen LogP contribution in [0.2, 0.25) is 0 Å². The lowest BCUT2D eigenvalue weighted by molar-refractivity contribution is -0.137. The van der Waals surface area contributed by atoms with Gasteiger partial charge in [-0.3, -0.25) is 14.5 Å². The minimum atomic E-state index is -3.70. The molecule has 1 aliphatic heterocycles. The Kier molecular flexibility index (Phi) is 7.17. The second-order valence-corrected chi connectivity index (χ2v) is 8.04. The third kappa shape index (κ3) is 5.41. The molecule has 150 valence electrons. The summed E-state index contributed by atoms with van der Waals surface area (Å²) in [5.41, 5.74) is 0. The zero-order valence-electron chi connectivity index (χ0n) is 15.8. The molecule has 10 heteroatoms. The van der Waals surface area contributed by atoms with E-state index in [-0.39, 0.29) is 29.7 Å². The van der Waals surface area contributed by atoms with Gasteiger partial charge in [0.05, 0.1) is 12.0 Å². The number of carbonyl (C=O) groups excluding carboxylic acids is 2. The molecule has 1 aromatic rings. The van der Waals surface area contributed by atoms with E-state index in [0.717, 1.165) is 0 Å². The van der Waals surface area contributed by atoms with Gasteiger partial charge in [-0.15, -0.1) is 0 Å². The van der Waals surface area contributed by atoms with E-state index >= 15 is 0 Å². The van der Waals surface area contributed by atoms with Crippen LogP contribution in [0.4, 0.5) is 0 Å². The van der Waals surface area contributed by atoms with Crippen molar-refractivity contribution in [1.29, 1.82) is 0 Å². The lowest BCUT2D eigenvalue weighted by Gasteiger charge is -2.38. The Morgan fingerprint density at radius 1 is 1.22 bits per heavy atom. The number of likely N-dealkylation sites (N-methyl/N-ethyl adjacent to an activating group) is 2. The quantitative estimate of drug-likeness (QED) is 0.626. The molecule has 0 aromatic heterocycles. The number of rotatable bonds is 7. The maximum absolute atomic E-state index is 12.4. The third-order valence-corrected chi connectivity index (χ3v) is 6.03. The molecular formula is C17H26N4O5S. The Morgan fingerprint density at radius 3 is 2.48 bits per heavy atom. The minimum absolute atomic E-state index is 0.00975. The van der Waals surface area contributed by atoms with Crippen molar-refractivity contribution >= 4 is 21.8 Å². The van der Waals surface area contributed by atoms with Crippen molar-refractivity contribution in [2.24, 2.45) is 0 Å². The van der Waals surface area contributed by atoms with Crippen LogP contribution >= 0.6 is 0 Å². The summed E-state index contributed by atoms with van der Waals surface area (Å²) in [6.45, 7) is 1.37. The van der Waals surface area contributed by atoms with E-state index < -0.39 is 16.1 Å². The number of ether oxygens (including phenoxy) is 1. The fourth-order valence-electron chi connectivity index (χ4n) is 2.84. The number of amides is 2. The first-order chi connectivity index (χ1) is 12.8. The summed E-state index contributed by atoms with van der Waals surface area (Å²) in [6.07, 6.45) is 0.0273. The Labute approximate surface area is 159 Å². The predicted molar refractivity (Wildman–Crippen MR) is 99.9 cm³/mol. The molecule has 1 atom stereocenters. The van der Waals surface area contributed by atoms with Gasteiger partial charge in [0, 0.05) is 39.6 Å². The van der Waals surface area contributed by atoms with Gasteiger partial charge < -0.3 is 15.0 Å². The van der Waals surface area contributed by atoms with Crippen LogP contribution in [0.5, 0.6) is 5.75 Å². The van der Waals surface area contributed by atoms with Crippen molar-refractivity contribution in [2.75, 3.05) is 47.4 Å². The molecule has 27 heavy (non-hydrogen) atoms. The van der Waals surface area contributed by atoms with Crippen molar-refractivity contribution in [3.8, 4) is 5.75 Å². The molecule has 9 nitrogen and oxygen atoms in total. The van der Waals surface area contributed by atoms with Crippen molar-refractivity contribution < 1.29 is 22.7 Å². The first kappa shape index (κ1) is 21.1. The summed E-state index contributed by atoms with van der Waals surface area (Å²) < 4.78 is 32.0. The number of nitrogens with one attached hydrogen (secondary N) is 2. The number of nitrogens with zero attached hydrogens (tertiary/aromatic N) is 2. The minimum Gasteiger partial charge on any atom is -0.497 e. The normalized spacial score (nSPS) is 18.2. The van der Waals surface area contributed by atoms with Gasteiger partial charge in [-0.2, -0.15) is 0 Å². The first-order valence-corrected chi connectivity index (χ1v) is 10.1. The number of piperazine rings is 1. The molecular weight excluding hydrogens is 372 g/mol.